The molecule has 116 valence electrons. The van der Waals surface area contributed by atoms with Gasteiger partial charge in [-0.05, 0) is 18.3 Å². The lowest BCUT2D eigenvalue weighted by atomic mass is 9.77. The molecule has 4 heteroatoms. The molecule has 0 aromatic carbocycles. The zero-order chi connectivity index (χ0) is 14.7. The Morgan fingerprint density at radius 1 is 0.900 bits per heavy atom. The first kappa shape index (κ1) is 17.1. The van der Waals surface area contributed by atoms with Crippen molar-refractivity contribution in [3.8, 4) is 0 Å². The van der Waals surface area contributed by atoms with Crippen LogP contribution in [0.15, 0.2) is 0 Å². The number of unbranched alkanes of at least 4 members (excludes halogenated alkanes) is 6. The summed E-state index contributed by atoms with van der Waals surface area (Å²) in [7, 11) is 0. The quantitative estimate of drug-likeness (QED) is 0.565. The molecule has 0 spiro atoms. The molecule has 0 unspecified atom stereocenters. The fraction of sp³-hybridized carbons (Fsp3) is 0.938. The second-order valence-corrected chi connectivity index (χ2v) is 6.44. The summed E-state index contributed by atoms with van der Waals surface area (Å²) < 4.78 is 0. The predicted octanol–water partition coefficient (Wildman–Crippen LogP) is 4.69. The standard InChI is InChI=1S/C16H32N4/c1-4-6-8-10-12-16(3,13-11-9-7-5-2)14-15-17-19-20-18-15/h4-14H2,1-3H3,(H,17,18,19,20). The molecule has 20 heavy (non-hydrogen) atoms. The zero-order valence-corrected chi connectivity index (χ0v) is 13.6. The van der Waals surface area contributed by atoms with Crippen LogP contribution in [-0.2, 0) is 6.42 Å². The highest BCUT2D eigenvalue weighted by Gasteiger charge is 2.25. The van der Waals surface area contributed by atoms with E-state index in [4.69, 9.17) is 0 Å². The van der Waals surface area contributed by atoms with Crippen molar-refractivity contribution in [1.82, 2.24) is 20.6 Å². The van der Waals surface area contributed by atoms with Gasteiger partial charge in [-0.25, -0.2) is 0 Å². The van der Waals surface area contributed by atoms with Crippen molar-refractivity contribution < 1.29 is 0 Å². The Kier molecular flexibility index (Phi) is 8.47. The lowest BCUT2D eigenvalue weighted by molar-refractivity contribution is 0.244. The van der Waals surface area contributed by atoms with Crippen molar-refractivity contribution in [2.24, 2.45) is 5.41 Å². The van der Waals surface area contributed by atoms with Crippen LogP contribution in [0.25, 0.3) is 0 Å². The maximum Gasteiger partial charge on any atom is 0.175 e. The van der Waals surface area contributed by atoms with Crippen molar-refractivity contribution in [2.75, 3.05) is 0 Å². The van der Waals surface area contributed by atoms with Crippen molar-refractivity contribution in [1.29, 1.82) is 0 Å². The number of hydrogen-bond acceptors (Lipinski definition) is 3. The van der Waals surface area contributed by atoms with Crippen molar-refractivity contribution in [3.63, 3.8) is 0 Å². The van der Waals surface area contributed by atoms with Crippen LogP contribution < -0.4 is 0 Å². The lowest BCUT2D eigenvalue weighted by Crippen LogP contribution is -2.21. The van der Waals surface area contributed by atoms with E-state index in [0.717, 1.165) is 12.2 Å². The van der Waals surface area contributed by atoms with E-state index in [0.29, 0.717) is 5.41 Å². The third-order valence-electron chi connectivity index (χ3n) is 4.24. The van der Waals surface area contributed by atoms with Crippen LogP contribution >= 0.6 is 0 Å². The average molecular weight is 280 g/mol. The number of rotatable bonds is 12. The summed E-state index contributed by atoms with van der Waals surface area (Å²) in [6, 6.07) is 0. The van der Waals surface area contributed by atoms with Gasteiger partial charge in [0.05, 0.1) is 0 Å². The minimum absolute atomic E-state index is 0.339. The third kappa shape index (κ3) is 7.01. The SMILES string of the molecule is CCCCCCC(C)(CCCCCC)Cc1nn[nH]n1. The molecule has 0 bridgehead atoms. The minimum atomic E-state index is 0.339. The number of aromatic amines is 1. The first-order chi connectivity index (χ1) is 9.70. The van der Waals surface area contributed by atoms with Gasteiger partial charge >= 0.3 is 0 Å². The van der Waals surface area contributed by atoms with E-state index >= 15 is 0 Å². The molecule has 0 fully saturated rings. The van der Waals surface area contributed by atoms with E-state index in [1.807, 2.05) is 0 Å². The van der Waals surface area contributed by atoms with Gasteiger partial charge in [-0.2, -0.15) is 5.21 Å². The summed E-state index contributed by atoms with van der Waals surface area (Å²) in [4.78, 5) is 0. The Labute approximate surface area is 124 Å². The number of H-pyrrole nitrogens is 1. The lowest BCUT2D eigenvalue weighted by Gasteiger charge is -2.28. The van der Waals surface area contributed by atoms with Crippen LogP contribution in [-0.4, -0.2) is 20.6 Å². The highest BCUT2D eigenvalue weighted by molar-refractivity contribution is 4.88. The Balaban J connectivity index is 2.43. The number of nitrogens with one attached hydrogen (secondary N) is 1. The molecular weight excluding hydrogens is 248 g/mol. The number of tetrazole rings is 1. The highest BCUT2D eigenvalue weighted by Crippen LogP contribution is 2.34. The molecule has 1 rings (SSSR count). The van der Waals surface area contributed by atoms with E-state index < -0.39 is 0 Å². The molecule has 4 nitrogen and oxygen atoms in total. The normalized spacial score (nSPS) is 11.9. The van der Waals surface area contributed by atoms with Gasteiger partial charge in [0, 0.05) is 6.42 Å². The van der Waals surface area contributed by atoms with Gasteiger partial charge in [-0.15, -0.1) is 10.2 Å². The number of hydrogen-bond donors (Lipinski definition) is 1. The summed E-state index contributed by atoms with van der Waals surface area (Å²) in [6.45, 7) is 6.94. The van der Waals surface area contributed by atoms with E-state index in [2.05, 4.69) is 41.4 Å². The Hall–Kier alpha value is -0.930. The van der Waals surface area contributed by atoms with Crippen LogP contribution in [0.4, 0.5) is 0 Å². The molecule has 0 radical (unpaired) electrons. The predicted molar refractivity (Wildman–Crippen MR) is 83.5 cm³/mol. The van der Waals surface area contributed by atoms with Gasteiger partial charge in [0.15, 0.2) is 5.82 Å². The minimum Gasteiger partial charge on any atom is -0.177 e. The topological polar surface area (TPSA) is 54.5 Å². The van der Waals surface area contributed by atoms with Crippen molar-refractivity contribution in [3.05, 3.63) is 5.82 Å². The monoisotopic (exact) mass is 280 g/mol. The van der Waals surface area contributed by atoms with Gasteiger partial charge in [0.25, 0.3) is 0 Å². The second-order valence-electron chi connectivity index (χ2n) is 6.44. The number of nitrogens with zero attached hydrogens (tertiary/aromatic N) is 3. The molecule has 1 aromatic rings. The molecule has 1 N–H and O–H groups in total. The maximum absolute atomic E-state index is 4.14. The van der Waals surface area contributed by atoms with Gasteiger partial charge < -0.3 is 0 Å². The van der Waals surface area contributed by atoms with Crippen LogP contribution in [0.1, 0.15) is 90.8 Å². The Morgan fingerprint density at radius 3 is 1.95 bits per heavy atom. The van der Waals surface area contributed by atoms with Gasteiger partial charge in [-0.3, -0.25) is 0 Å². The highest BCUT2D eigenvalue weighted by atomic mass is 15.5. The first-order valence-corrected chi connectivity index (χ1v) is 8.42. The molecule has 0 aliphatic carbocycles. The summed E-state index contributed by atoms with van der Waals surface area (Å²) in [5.74, 6) is 0.874. The van der Waals surface area contributed by atoms with Crippen molar-refractivity contribution in [2.45, 2.75) is 91.4 Å². The van der Waals surface area contributed by atoms with Crippen LogP contribution in [0.2, 0.25) is 0 Å². The van der Waals surface area contributed by atoms with Crippen LogP contribution in [0.5, 0.6) is 0 Å². The Bertz CT molecular complexity index is 309. The molecule has 0 aliphatic heterocycles. The molecule has 0 atom stereocenters. The molecule has 0 amide bonds. The smallest absolute Gasteiger partial charge is 0.175 e. The molecular formula is C16H32N4. The molecule has 0 saturated heterocycles. The Morgan fingerprint density at radius 2 is 1.50 bits per heavy atom. The van der Waals surface area contributed by atoms with Gasteiger partial charge in [0.1, 0.15) is 0 Å². The number of aromatic nitrogens is 4. The fourth-order valence-electron chi connectivity index (χ4n) is 2.90. The average Bonchev–Trinajstić information content (AvgIpc) is 2.93. The summed E-state index contributed by atoms with van der Waals surface area (Å²) in [6.07, 6.45) is 14.2. The van der Waals surface area contributed by atoms with E-state index in [-0.39, 0.29) is 0 Å². The third-order valence-corrected chi connectivity index (χ3v) is 4.24. The van der Waals surface area contributed by atoms with Crippen LogP contribution in [0.3, 0.4) is 0 Å². The van der Waals surface area contributed by atoms with E-state index in [1.54, 1.807) is 0 Å². The summed E-state index contributed by atoms with van der Waals surface area (Å²) in [5.41, 5.74) is 0.339. The van der Waals surface area contributed by atoms with Crippen LogP contribution in [0, 0.1) is 5.41 Å². The maximum atomic E-state index is 4.14. The molecule has 1 heterocycles. The summed E-state index contributed by atoms with van der Waals surface area (Å²) >= 11 is 0. The fourth-order valence-corrected chi connectivity index (χ4v) is 2.90. The van der Waals surface area contributed by atoms with Crippen molar-refractivity contribution >= 4 is 0 Å². The van der Waals surface area contributed by atoms with Gasteiger partial charge in [0.2, 0.25) is 0 Å². The van der Waals surface area contributed by atoms with E-state index in [1.165, 1.54) is 64.2 Å². The molecule has 0 aliphatic rings. The molecule has 1 aromatic heterocycles. The zero-order valence-electron chi connectivity index (χ0n) is 13.6. The largest absolute Gasteiger partial charge is 0.177 e. The summed E-state index contributed by atoms with van der Waals surface area (Å²) in [5, 5.41) is 14.5. The second kappa shape index (κ2) is 9.89. The van der Waals surface area contributed by atoms with Gasteiger partial charge in [-0.1, -0.05) is 77.4 Å². The van der Waals surface area contributed by atoms with E-state index in [9.17, 15) is 0 Å². The first-order valence-electron chi connectivity index (χ1n) is 8.42. The molecule has 0 saturated carbocycles.